The lowest BCUT2D eigenvalue weighted by Crippen LogP contribution is -2.46. The summed E-state index contributed by atoms with van der Waals surface area (Å²) in [5.41, 5.74) is 1.78. The van der Waals surface area contributed by atoms with Gasteiger partial charge in [0.1, 0.15) is 0 Å². The molecule has 0 spiro atoms. The number of rotatable bonds is 3. The highest BCUT2D eigenvalue weighted by atomic mass is 32.2. The molecule has 0 aliphatic carbocycles. The summed E-state index contributed by atoms with van der Waals surface area (Å²) < 4.78 is 23.0. The van der Waals surface area contributed by atoms with Gasteiger partial charge in [-0.3, -0.25) is 9.69 Å². The molecule has 1 N–H and O–H groups in total. The summed E-state index contributed by atoms with van der Waals surface area (Å²) in [4.78, 5) is 16.5. The first-order valence-electron chi connectivity index (χ1n) is 8.05. The molecule has 0 aromatic heterocycles. The van der Waals surface area contributed by atoms with Gasteiger partial charge in [0.05, 0.1) is 11.5 Å². The van der Waals surface area contributed by atoms with Crippen LogP contribution in [-0.2, 0) is 16.4 Å². The van der Waals surface area contributed by atoms with E-state index in [2.05, 4.69) is 10.2 Å². The molecule has 6 nitrogen and oxygen atoms in total. The summed E-state index contributed by atoms with van der Waals surface area (Å²) >= 11 is 0. The predicted molar refractivity (Wildman–Crippen MR) is 89.1 cm³/mol. The highest BCUT2D eigenvalue weighted by molar-refractivity contribution is 7.91. The SMILES string of the molecule is O=C(c1cccc(CN2CCS(=O)(=O)CC2)c1)N1CCNCC1. The van der Waals surface area contributed by atoms with E-state index in [1.165, 1.54) is 0 Å². The van der Waals surface area contributed by atoms with E-state index in [9.17, 15) is 13.2 Å². The number of hydrogen-bond acceptors (Lipinski definition) is 5. The standard InChI is InChI=1S/C16H23N3O3S/c20-16(19-6-4-17-5-7-19)15-3-1-2-14(12-15)13-18-8-10-23(21,22)11-9-18/h1-3,12,17H,4-11,13H2. The molecule has 1 aromatic carbocycles. The molecule has 0 saturated carbocycles. The lowest BCUT2D eigenvalue weighted by molar-refractivity contribution is 0.0735. The zero-order valence-corrected chi connectivity index (χ0v) is 14.0. The van der Waals surface area contributed by atoms with Crippen LogP contribution in [0.1, 0.15) is 15.9 Å². The van der Waals surface area contributed by atoms with Gasteiger partial charge in [0.15, 0.2) is 9.84 Å². The topological polar surface area (TPSA) is 69.7 Å². The summed E-state index contributed by atoms with van der Waals surface area (Å²) in [7, 11) is -2.85. The second-order valence-electron chi connectivity index (χ2n) is 6.17. The summed E-state index contributed by atoms with van der Waals surface area (Å²) in [5.74, 6) is 0.535. The zero-order valence-electron chi connectivity index (χ0n) is 13.2. The van der Waals surface area contributed by atoms with Crippen molar-refractivity contribution >= 4 is 15.7 Å². The van der Waals surface area contributed by atoms with Crippen LogP contribution in [-0.4, -0.2) is 74.9 Å². The number of benzene rings is 1. The number of hydrogen-bond donors (Lipinski definition) is 1. The van der Waals surface area contributed by atoms with Crippen LogP contribution >= 0.6 is 0 Å². The Bertz CT molecular complexity index is 655. The van der Waals surface area contributed by atoms with Gasteiger partial charge < -0.3 is 10.2 Å². The highest BCUT2D eigenvalue weighted by Gasteiger charge is 2.22. The summed E-state index contributed by atoms with van der Waals surface area (Å²) in [6.07, 6.45) is 0. The van der Waals surface area contributed by atoms with Crippen molar-refractivity contribution in [3.8, 4) is 0 Å². The van der Waals surface area contributed by atoms with Gasteiger partial charge in [-0.05, 0) is 17.7 Å². The number of nitrogens with zero attached hydrogens (tertiary/aromatic N) is 2. The molecule has 3 rings (SSSR count). The normalized spacial score (nSPS) is 22.0. The van der Waals surface area contributed by atoms with Gasteiger partial charge in [-0.15, -0.1) is 0 Å². The fourth-order valence-corrected chi connectivity index (χ4v) is 4.30. The Hall–Kier alpha value is -1.44. The van der Waals surface area contributed by atoms with Crippen molar-refractivity contribution in [1.82, 2.24) is 15.1 Å². The summed E-state index contributed by atoms with van der Waals surface area (Å²) in [6, 6.07) is 7.70. The van der Waals surface area contributed by atoms with E-state index in [1.807, 2.05) is 29.2 Å². The molecule has 1 amide bonds. The Balaban J connectivity index is 1.64. The lowest BCUT2D eigenvalue weighted by Gasteiger charge is -2.28. The fraction of sp³-hybridized carbons (Fsp3) is 0.562. The van der Waals surface area contributed by atoms with E-state index < -0.39 is 9.84 Å². The Labute approximate surface area is 137 Å². The van der Waals surface area contributed by atoms with Gasteiger partial charge in [0.2, 0.25) is 0 Å². The number of carbonyl (C=O) groups excluding carboxylic acids is 1. The molecule has 7 heteroatoms. The first kappa shape index (κ1) is 16.4. The van der Waals surface area contributed by atoms with E-state index in [4.69, 9.17) is 0 Å². The molecule has 0 atom stereocenters. The minimum atomic E-state index is -2.85. The Kier molecular flexibility index (Phi) is 4.99. The van der Waals surface area contributed by atoms with E-state index in [0.717, 1.165) is 31.7 Å². The van der Waals surface area contributed by atoms with Crippen LogP contribution in [0.2, 0.25) is 0 Å². The minimum absolute atomic E-state index is 0.0783. The maximum atomic E-state index is 12.5. The van der Waals surface area contributed by atoms with Crippen molar-refractivity contribution in [2.24, 2.45) is 0 Å². The number of sulfone groups is 1. The molecular formula is C16H23N3O3S. The third-order valence-electron chi connectivity index (χ3n) is 4.42. The van der Waals surface area contributed by atoms with Gasteiger partial charge in [-0.25, -0.2) is 8.42 Å². The highest BCUT2D eigenvalue weighted by Crippen LogP contribution is 2.13. The smallest absolute Gasteiger partial charge is 0.253 e. The molecule has 0 bridgehead atoms. The minimum Gasteiger partial charge on any atom is -0.336 e. The number of piperazine rings is 1. The van der Waals surface area contributed by atoms with Crippen molar-refractivity contribution in [3.05, 3.63) is 35.4 Å². The van der Waals surface area contributed by atoms with E-state index >= 15 is 0 Å². The van der Waals surface area contributed by atoms with Crippen LogP contribution in [0, 0.1) is 0 Å². The quantitative estimate of drug-likeness (QED) is 0.838. The fourth-order valence-electron chi connectivity index (χ4n) is 3.02. The van der Waals surface area contributed by atoms with Crippen LogP contribution in [0.5, 0.6) is 0 Å². The monoisotopic (exact) mass is 337 g/mol. The number of carbonyl (C=O) groups is 1. The molecule has 2 aliphatic heterocycles. The molecule has 1 aromatic rings. The molecule has 23 heavy (non-hydrogen) atoms. The van der Waals surface area contributed by atoms with Crippen molar-refractivity contribution in [2.45, 2.75) is 6.54 Å². The van der Waals surface area contributed by atoms with Gasteiger partial charge in [0, 0.05) is 51.4 Å². The molecule has 2 saturated heterocycles. The van der Waals surface area contributed by atoms with Crippen LogP contribution in [0.15, 0.2) is 24.3 Å². The number of nitrogens with one attached hydrogen (secondary N) is 1. The zero-order chi connectivity index (χ0) is 16.3. The first-order chi connectivity index (χ1) is 11.0. The van der Waals surface area contributed by atoms with Crippen LogP contribution in [0.25, 0.3) is 0 Å². The maximum Gasteiger partial charge on any atom is 0.253 e. The average Bonchev–Trinajstić information content (AvgIpc) is 2.57. The van der Waals surface area contributed by atoms with Crippen molar-refractivity contribution in [2.75, 3.05) is 50.8 Å². The summed E-state index contributed by atoms with van der Waals surface area (Å²) in [6.45, 7) is 5.00. The van der Waals surface area contributed by atoms with Gasteiger partial charge in [-0.1, -0.05) is 12.1 Å². The van der Waals surface area contributed by atoms with E-state index in [1.54, 1.807) is 0 Å². The van der Waals surface area contributed by atoms with Crippen molar-refractivity contribution in [3.63, 3.8) is 0 Å². The Morgan fingerprint density at radius 2 is 1.78 bits per heavy atom. The van der Waals surface area contributed by atoms with Crippen molar-refractivity contribution in [1.29, 1.82) is 0 Å². The first-order valence-corrected chi connectivity index (χ1v) is 9.87. The maximum absolute atomic E-state index is 12.5. The Morgan fingerprint density at radius 1 is 1.09 bits per heavy atom. The van der Waals surface area contributed by atoms with Gasteiger partial charge >= 0.3 is 0 Å². The third-order valence-corrected chi connectivity index (χ3v) is 6.03. The third kappa shape index (κ3) is 4.31. The van der Waals surface area contributed by atoms with Crippen LogP contribution < -0.4 is 5.32 Å². The second-order valence-corrected chi connectivity index (χ2v) is 8.47. The molecule has 0 unspecified atom stereocenters. The second kappa shape index (κ2) is 6.98. The van der Waals surface area contributed by atoms with E-state index in [0.29, 0.717) is 25.2 Å². The Morgan fingerprint density at radius 3 is 2.48 bits per heavy atom. The predicted octanol–water partition coefficient (Wildman–Crippen LogP) is -0.0376. The summed E-state index contributed by atoms with van der Waals surface area (Å²) in [5, 5.41) is 3.24. The molecule has 0 radical (unpaired) electrons. The lowest BCUT2D eigenvalue weighted by atomic mass is 10.1. The molecule has 2 aliphatic rings. The largest absolute Gasteiger partial charge is 0.336 e. The average molecular weight is 337 g/mol. The van der Waals surface area contributed by atoms with E-state index in [-0.39, 0.29) is 17.4 Å². The van der Waals surface area contributed by atoms with Crippen LogP contribution in [0.4, 0.5) is 0 Å². The van der Waals surface area contributed by atoms with Crippen molar-refractivity contribution < 1.29 is 13.2 Å². The van der Waals surface area contributed by atoms with Gasteiger partial charge in [0.25, 0.3) is 5.91 Å². The molecule has 2 fully saturated rings. The van der Waals surface area contributed by atoms with Crippen LogP contribution in [0.3, 0.4) is 0 Å². The molecule has 2 heterocycles. The number of amides is 1. The molecular weight excluding hydrogens is 314 g/mol. The van der Waals surface area contributed by atoms with Gasteiger partial charge in [-0.2, -0.15) is 0 Å². The molecule has 126 valence electrons.